The van der Waals surface area contributed by atoms with Crippen LogP contribution in [0.15, 0.2) is 48.8 Å². The third-order valence-electron chi connectivity index (χ3n) is 3.74. The summed E-state index contributed by atoms with van der Waals surface area (Å²) in [5.74, 6) is -5.19. The normalized spacial score (nSPS) is 10.6. The maximum atomic E-state index is 13.7. The van der Waals surface area contributed by atoms with Crippen molar-refractivity contribution in [3.63, 3.8) is 0 Å². The molecule has 0 aliphatic carbocycles. The number of carbonyl (C=O) groups is 1. The summed E-state index contributed by atoms with van der Waals surface area (Å²) in [5, 5.41) is 5.82. The van der Waals surface area contributed by atoms with Gasteiger partial charge in [-0.05, 0) is 42.8 Å². The highest BCUT2D eigenvalue weighted by Crippen LogP contribution is 2.24. The lowest BCUT2D eigenvalue weighted by Crippen LogP contribution is -2.14. The van der Waals surface area contributed by atoms with Crippen LogP contribution >= 0.6 is 11.6 Å². The quantitative estimate of drug-likeness (QED) is 0.581. The molecule has 3 rings (SSSR count). The average molecular weight is 392 g/mol. The molecule has 1 heterocycles. The van der Waals surface area contributed by atoms with Crippen LogP contribution in [0.3, 0.4) is 0 Å². The van der Waals surface area contributed by atoms with E-state index in [1.54, 1.807) is 6.07 Å². The van der Waals surface area contributed by atoms with Crippen LogP contribution in [0, 0.1) is 24.4 Å². The fraction of sp³-hybridized carbons (Fsp3) is 0.0526. The van der Waals surface area contributed by atoms with Crippen molar-refractivity contribution in [2.75, 3.05) is 10.6 Å². The van der Waals surface area contributed by atoms with E-state index < -0.39 is 29.0 Å². The number of hydrogen-bond acceptors (Lipinski definition) is 3. The van der Waals surface area contributed by atoms with Crippen LogP contribution in [0.1, 0.15) is 15.9 Å². The highest BCUT2D eigenvalue weighted by atomic mass is 35.5. The highest BCUT2D eigenvalue weighted by molar-refractivity contribution is 6.31. The summed E-state index contributed by atoms with van der Waals surface area (Å²) < 4.78 is 40.0. The summed E-state index contributed by atoms with van der Waals surface area (Å²) in [6, 6.07) is 8.51. The molecule has 0 radical (unpaired) electrons. The molecule has 0 saturated heterocycles. The van der Waals surface area contributed by atoms with E-state index >= 15 is 0 Å². The van der Waals surface area contributed by atoms with Crippen LogP contribution in [0.25, 0.3) is 0 Å². The minimum absolute atomic E-state index is 0.0994. The molecule has 0 fully saturated rings. The van der Waals surface area contributed by atoms with Crippen LogP contribution in [-0.2, 0) is 0 Å². The lowest BCUT2D eigenvalue weighted by atomic mass is 10.2. The van der Waals surface area contributed by atoms with Gasteiger partial charge in [0.25, 0.3) is 5.91 Å². The van der Waals surface area contributed by atoms with Crippen molar-refractivity contribution in [3.8, 4) is 0 Å². The number of aromatic nitrogens is 1. The van der Waals surface area contributed by atoms with E-state index in [0.717, 1.165) is 17.7 Å². The number of halogens is 4. The fourth-order valence-electron chi connectivity index (χ4n) is 2.29. The third-order valence-corrected chi connectivity index (χ3v) is 4.15. The predicted octanol–water partition coefficient (Wildman–Crippen LogP) is 5.46. The lowest BCUT2D eigenvalue weighted by Gasteiger charge is -2.10. The molecule has 2 N–H and O–H groups in total. The first-order chi connectivity index (χ1) is 12.8. The molecule has 0 spiro atoms. The minimum atomic E-state index is -1.66. The summed E-state index contributed by atoms with van der Waals surface area (Å²) in [6.45, 7) is 1.87. The van der Waals surface area contributed by atoms with Gasteiger partial charge in [0, 0.05) is 16.9 Å². The van der Waals surface area contributed by atoms with Crippen LogP contribution in [0.5, 0.6) is 0 Å². The summed E-state index contributed by atoms with van der Waals surface area (Å²) in [7, 11) is 0. The maximum Gasteiger partial charge on any atom is 0.257 e. The van der Waals surface area contributed by atoms with E-state index in [-0.39, 0.29) is 5.56 Å². The summed E-state index contributed by atoms with van der Waals surface area (Å²) in [4.78, 5) is 16.2. The van der Waals surface area contributed by atoms with Gasteiger partial charge in [0.2, 0.25) is 0 Å². The van der Waals surface area contributed by atoms with Crippen LogP contribution < -0.4 is 10.6 Å². The van der Waals surface area contributed by atoms with E-state index in [4.69, 9.17) is 11.6 Å². The Bertz CT molecular complexity index is 1030. The second-order valence-electron chi connectivity index (χ2n) is 5.73. The van der Waals surface area contributed by atoms with Gasteiger partial charge in [-0.1, -0.05) is 17.7 Å². The van der Waals surface area contributed by atoms with Gasteiger partial charge in [0.1, 0.15) is 0 Å². The number of nitrogens with one attached hydrogen (secondary N) is 2. The molecule has 2 aromatic carbocycles. The summed E-state index contributed by atoms with van der Waals surface area (Å²) in [6.07, 6.45) is 2.75. The van der Waals surface area contributed by atoms with Crippen molar-refractivity contribution in [3.05, 3.63) is 82.4 Å². The molecule has 8 heteroatoms. The van der Waals surface area contributed by atoms with Crippen molar-refractivity contribution >= 4 is 34.6 Å². The average Bonchev–Trinajstić information content (AvgIpc) is 2.65. The third kappa shape index (κ3) is 4.20. The number of aryl methyl sites for hydroxylation is 1. The number of amides is 1. The Morgan fingerprint density at radius 2 is 1.78 bits per heavy atom. The predicted molar refractivity (Wildman–Crippen MR) is 98.0 cm³/mol. The number of pyridine rings is 1. The SMILES string of the molecule is Cc1ccc(Nc2cncc(C(=O)Nc3ccc(F)c(F)c3F)c2)cc1Cl. The molecular weight excluding hydrogens is 379 g/mol. The maximum absolute atomic E-state index is 13.7. The van der Waals surface area contributed by atoms with E-state index in [0.29, 0.717) is 16.4 Å². The Morgan fingerprint density at radius 3 is 2.52 bits per heavy atom. The van der Waals surface area contributed by atoms with Gasteiger partial charge in [-0.15, -0.1) is 0 Å². The topological polar surface area (TPSA) is 54.0 Å². The standard InChI is InChI=1S/C19H13ClF3N3O/c1-10-2-3-12(7-14(10)20)25-13-6-11(8-24-9-13)19(27)26-16-5-4-15(21)17(22)18(16)23/h2-9,25H,1H3,(H,26,27). The molecule has 1 amide bonds. The van der Waals surface area contributed by atoms with Crippen LogP contribution in [0.2, 0.25) is 5.02 Å². The smallest absolute Gasteiger partial charge is 0.257 e. The largest absolute Gasteiger partial charge is 0.354 e. The molecule has 0 atom stereocenters. The number of nitrogens with zero attached hydrogens (tertiary/aromatic N) is 1. The highest BCUT2D eigenvalue weighted by Gasteiger charge is 2.16. The first-order valence-corrected chi connectivity index (χ1v) is 8.16. The molecular formula is C19H13ClF3N3O. The molecule has 0 unspecified atom stereocenters. The Kier molecular flexibility index (Phi) is 5.32. The van der Waals surface area contributed by atoms with Crippen LogP contribution in [-0.4, -0.2) is 10.9 Å². The zero-order chi connectivity index (χ0) is 19.6. The van der Waals surface area contributed by atoms with Crippen molar-refractivity contribution in [1.29, 1.82) is 0 Å². The van der Waals surface area contributed by atoms with E-state index in [1.807, 2.05) is 19.1 Å². The van der Waals surface area contributed by atoms with Gasteiger partial charge in [-0.3, -0.25) is 9.78 Å². The summed E-state index contributed by atoms with van der Waals surface area (Å²) >= 11 is 6.08. The summed E-state index contributed by atoms with van der Waals surface area (Å²) in [5.41, 5.74) is 1.73. The van der Waals surface area contributed by atoms with E-state index in [1.165, 1.54) is 18.5 Å². The van der Waals surface area contributed by atoms with Crippen molar-refractivity contribution < 1.29 is 18.0 Å². The van der Waals surface area contributed by atoms with Crippen molar-refractivity contribution in [2.24, 2.45) is 0 Å². The molecule has 4 nitrogen and oxygen atoms in total. The first kappa shape index (κ1) is 18.7. The Morgan fingerprint density at radius 1 is 1.00 bits per heavy atom. The number of carbonyl (C=O) groups excluding carboxylic acids is 1. The van der Waals surface area contributed by atoms with Gasteiger partial charge in [-0.25, -0.2) is 13.2 Å². The number of anilines is 3. The zero-order valence-electron chi connectivity index (χ0n) is 14.0. The van der Waals surface area contributed by atoms with Gasteiger partial charge in [0.15, 0.2) is 17.5 Å². The molecule has 3 aromatic rings. The van der Waals surface area contributed by atoms with Crippen LogP contribution in [0.4, 0.5) is 30.2 Å². The van der Waals surface area contributed by atoms with Gasteiger partial charge >= 0.3 is 0 Å². The Balaban J connectivity index is 1.79. The van der Waals surface area contributed by atoms with Crippen molar-refractivity contribution in [2.45, 2.75) is 6.92 Å². The molecule has 0 aliphatic rings. The fourth-order valence-corrected chi connectivity index (χ4v) is 2.47. The molecule has 138 valence electrons. The second kappa shape index (κ2) is 7.67. The Hall–Kier alpha value is -3.06. The van der Waals surface area contributed by atoms with Gasteiger partial charge in [-0.2, -0.15) is 0 Å². The van der Waals surface area contributed by atoms with Crippen molar-refractivity contribution in [1.82, 2.24) is 4.98 Å². The lowest BCUT2D eigenvalue weighted by molar-refractivity contribution is 0.102. The molecule has 0 aliphatic heterocycles. The minimum Gasteiger partial charge on any atom is -0.354 e. The monoisotopic (exact) mass is 391 g/mol. The van der Waals surface area contributed by atoms with Gasteiger partial charge in [0.05, 0.1) is 23.1 Å². The first-order valence-electron chi connectivity index (χ1n) is 7.78. The Labute approximate surface area is 158 Å². The van der Waals surface area contributed by atoms with E-state index in [2.05, 4.69) is 15.6 Å². The van der Waals surface area contributed by atoms with Gasteiger partial charge < -0.3 is 10.6 Å². The number of rotatable bonds is 4. The van der Waals surface area contributed by atoms with E-state index in [9.17, 15) is 18.0 Å². The second-order valence-corrected chi connectivity index (χ2v) is 6.14. The molecule has 0 saturated carbocycles. The number of hydrogen-bond donors (Lipinski definition) is 2. The zero-order valence-corrected chi connectivity index (χ0v) is 14.7. The number of benzene rings is 2. The molecule has 27 heavy (non-hydrogen) atoms. The molecule has 1 aromatic heterocycles. The molecule has 0 bridgehead atoms.